The quantitative estimate of drug-likeness (QED) is 0.107. The highest BCUT2D eigenvalue weighted by Crippen LogP contribution is 2.63. The lowest BCUT2D eigenvalue weighted by atomic mass is 9.72. The molecule has 0 fully saturated rings. The monoisotopic (exact) mass is 1250 g/mol. The normalized spacial score (nSPS) is 14.8. The average molecular weight is 1250 g/mol. The molecule has 0 heterocycles. The summed E-state index contributed by atoms with van der Waals surface area (Å²) in [7, 11) is 0. The van der Waals surface area contributed by atoms with Crippen molar-refractivity contribution in [3.05, 3.63) is 373 Å². The molecule has 0 saturated carbocycles. The molecule has 0 aliphatic heterocycles. The second-order valence-corrected chi connectivity index (χ2v) is 28.2. The molecule has 2 heteroatoms. The smallest absolute Gasteiger partial charge is 0.0491 e. The summed E-state index contributed by atoms with van der Waals surface area (Å²) in [6.45, 7) is 14.4. The van der Waals surface area contributed by atoms with Crippen LogP contribution in [0.25, 0.3) is 89.0 Å². The van der Waals surface area contributed by atoms with Crippen LogP contribution in [0.4, 0.5) is 34.1 Å². The molecule has 2 aliphatic carbocycles. The fourth-order valence-corrected chi connectivity index (χ4v) is 16.2. The van der Waals surface area contributed by atoms with E-state index < -0.39 is 0 Å². The maximum atomic E-state index is 2.57. The number of rotatable bonds is 14. The lowest BCUT2D eigenvalue weighted by Crippen LogP contribution is -2.27. The molecule has 1 spiro atoms. The summed E-state index contributed by atoms with van der Waals surface area (Å²) in [5.74, 6) is 0. The fraction of sp³-hybridized carbons (Fsp3) is 0.116. The molecule has 2 nitrogen and oxygen atoms in total. The van der Waals surface area contributed by atoms with E-state index in [1.54, 1.807) is 0 Å². The van der Waals surface area contributed by atoms with Gasteiger partial charge in [0.05, 0.1) is 0 Å². The first-order chi connectivity index (χ1) is 47.3. The first-order valence-corrected chi connectivity index (χ1v) is 34.3. The van der Waals surface area contributed by atoms with Gasteiger partial charge < -0.3 is 9.80 Å². The van der Waals surface area contributed by atoms with Gasteiger partial charge in [0.1, 0.15) is 0 Å². The third-order valence-corrected chi connectivity index (χ3v) is 20.9. The van der Waals surface area contributed by atoms with Crippen molar-refractivity contribution >= 4 is 34.1 Å². The van der Waals surface area contributed by atoms with Gasteiger partial charge in [0.15, 0.2) is 0 Å². The third-order valence-electron chi connectivity index (χ3n) is 20.9. The minimum absolute atomic E-state index is 0.0208. The van der Waals surface area contributed by atoms with Crippen LogP contribution in [-0.2, 0) is 16.2 Å². The predicted molar refractivity (Wildman–Crippen MR) is 411 cm³/mol. The molecule has 14 aromatic carbocycles. The Hall–Kier alpha value is -11.3. The van der Waals surface area contributed by atoms with Crippen LogP contribution in [0.1, 0.15) is 73.9 Å². The highest BCUT2D eigenvalue weighted by atomic mass is 15.1. The zero-order valence-corrected chi connectivity index (χ0v) is 56.1. The largest absolute Gasteiger partial charge is 0.310 e. The maximum Gasteiger partial charge on any atom is 0.0491 e. The molecule has 97 heavy (non-hydrogen) atoms. The van der Waals surface area contributed by atoms with Gasteiger partial charge in [-0.05, 0) is 257 Å². The number of fused-ring (bicyclic) bond motifs is 4. The fourth-order valence-electron chi connectivity index (χ4n) is 16.2. The van der Waals surface area contributed by atoms with Crippen molar-refractivity contribution in [1.82, 2.24) is 0 Å². The van der Waals surface area contributed by atoms with Crippen LogP contribution >= 0.6 is 0 Å². The van der Waals surface area contributed by atoms with E-state index in [9.17, 15) is 0 Å². The van der Waals surface area contributed by atoms with Crippen molar-refractivity contribution in [3.8, 4) is 89.0 Å². The minimum atomic E-state index is -0.159. The lowest BCUT2D eigenvalue weighted by molar-refractivity contribution is 0.350. The average Bonchev–Trinajstić information content (AvgIpc) is 1.53. The van der Waals surface area contributed by atoms with Crippen LogP contribution in [0.2, 0.25) is 0 Å². The Bertz CT molecular complexity index is 5070. The molecular formula is C95H78N2. The summed E-state index contributed by atoms with van der Waals surface area (Å²) < 4.78 is 0. The molecular weight excluding hydrogens is 1170 g/mol. The summed E-state index contributed by atoms with van der Waals surface area (Å²) in [5, 5.41) is 0. The van der Waals surface area contributed by atoms with Crippen molar-refractivity contribution in [2.75, 3.05) is 9.80 Å². The summed E-state index contributed by atoms with van der Waals surface area (Å²) in [6, 6.07) is 126. The van der Waals surface area contributed by atoms with Gasteiger partial charge >= 0.3 is 0 Å². The molecule has 0 aromatic heterocycles. The standard InChI is InChI=1S/C95H78N2/c1-65-57-79(70-27-17-10-18-28-70)43-55-91(65)97(84-47-35-72(36-48-84)77-31-19-29-75(59-77)68-23-13-8-14-24-68)86-51-39-74(40-52-86)82-42-54-88-90(62-82)95(64-94(88,5)6)63-93(3,4)87-53-41-81(61-89(87)95)73-37-49-85(50-38-73)96(83-45-33-71(34-46-83)67-21-11-7-12-22-67)92-56-44-80(58-66(92)2)78-32-20-30-76(60-78)69-25-15-9-16-26-69/h7-62H,63-64H2,1-6H3. The topological polar surface area (TPSA) is 6.48 Å². The van der Waals surface area contributed by atoms with Crippen LogP contribution in [0.15, 0.2) is 340 Å². The van der Waals surface area contributed by atoms with Crippen molar-refractivity contribution < 1.29 is 0 Å². The Labute approximate surface area is 573 Å². The first kappa shape index (κ1) is 60.6. The van der Waals surface area contributed by atoms with Crippen LogP contribution < -0.4 is 9.80 Å². The second kappa shape index (κ2) is 24.8. The predicted octanol–water partition coefficient (Wildman–Crippen LogP) is 26.2. The molecule has 2 aliphatic rings. The van der Waals surface area contributed by atoms with E-state index in [4.69, 9.17) is 0 Å². The second-order valence-electron chi connectivity index (χ2n) is 28.2. The molecule has 0 bridgehead atoms. The summed E-state index contributed by atoms with van der Waals surface area (Å²) in [6.07, 6.45) is 2.11. The van der Waals surface area contributed by atoms with Crippen molar-refractivity contribution in [3.63, 3.8) is 0 Å². The van der Waals surface area contributed by atoms with E-state index in [1.807, 2.05) is 0 Å². The zero-order chi connectivity index (χ0) is 65.8. The molecule has 0 N–H and O–H groups in total. The molecule has 0 amide bonds. The Morgan fingerprint density at radius 1 is 0.206 bits per heavy atom. The molecule has 0 radical (unpaired) electrons. The Balaban J connectivity index is 0.725. The first-order valence-electron chi connectivity index (χ1n) is 34.3. The van der Waals surface area contributed by atoms with Gasteiger partial charge in [-0.25, -0.2) is 0 Å². The zero-order valence-electron chi connectivity index (χ0n) is 56.1. The van der Waals surface area contributed by atoms with E-state index in [0.717, 1.165) is 47.0 Å². The Kier molecular flexibility index (Phi) is 15.5. The number of aryl methyl sites for hydroxylation is 2. The van der Waals surface area contributed by atoms with E-state index in [-0.39, 0.29) is 16.2 Å². The van der Waals surface area contributed by atoms with Crippen molar-refractivity contribution in [1.29, 1.82) is 0 Å². The molecule has 468 valence electrons. The van der Waals surface area contributed by atoms with E-state index in [0.29, 0.717) is 0 Å². The molecule has 0 saturated heterocycles. The van der Waals surface area contributed by atoms with E-state index in [2.05, 4.69) is 391 Å². The highest BCUT2D eigenvalue weighted by molar-refractivity contribution is 5.87. The van der Waals surface area contributed by atoms with E-state index in [1.165, 1.54) is 122 Å². The van der Waals surface area contributed by atoms with Gasteiger partial charge in [0.2, 0.25) is 0 Å². The van der Waals surface area contributed by atoms with Gasteiger partial charge in [-0.3, -0.25) is 0 Å². The molecule has 1 unspecified atom stereocenters. The van der Waals surface area contributed by atoms with Gasteiger partial charge in [-0.2, -0.15) is 0 Å². The summed E-state index contributed by atoms with van der Waals surface area (Å²) in [4.78, 5) is 4.85. The Morgan fingerprint density at radius 3 is 0.753 bits per heavy atom. The van der Waals surface area contributed by atoms with Gasteiger partial charge in [0, 0.05) is 39.5 Å². The van der Waals surface area contributed by atoms with Crippen LogP contribution in [0.3, 0.4) is 0 Å². The van der Waals surface area contributed by atoms with Gasteiger partial charge in [0.25, 0.3) is 0 Å². The summed E-state index contributed by atoms with van der Waals surface area (Å²) in [5.41, 5.74) is 34.2. The number of benzene rings is 14. The highest BCUT2D eigenvalue weighted by Gasteiger charge is 2.56. The Morgan fingerprint density at radius 2 is 0.433 bits per heavy atom. The molecule has 1 atom stereocenters. The number of hydrogen-bond donors (Lipinski definition) is 0. The molecule has 16 rings (SSSR count). The van der Waals surface area contributed by atoms with Gasteiger partial charge in [-0.15, -0.1) is 0 Å². The van der Waals surface area contributed by atoms with Crippen molar-refractivity contribution in [2.24, 2.45) is 0 Å². The van der Waals surface area contributed by atoms with Crippen LogP contribution in [0, 0.1) is 13.8 Å². The van der Waals surface area contributed by atoms with Gasteiger partial charge in [-0.1, -0.05) is 270 Å². The number of anilines is 6. The van der Waals surface area contributed by atoms with E-state index >= 15 is 0 Å². The third kappa shape index (κ3) is 11.5. The SMILES string of the molecule is Cc1cc(-c2ccccc2)ccc1N(c1ccc(-c2cccc(-c3ccccc3)c2)cc1)c1ccc(-c2ccc3c(c2)C2(CC3(C)C)CC(C)(C)c3ccc(-c4ccc(N(c5ccc(-c6ccccc6)cc5)c5ccc(-c6cccc(-c7ccccc7)c6)cc5C)cc4)cc32)cc1. The number of nitrogens with zero attached hydrogens (tertiary/aromatic N) is 2. The maximum absolute atomic E-state index is 2.57. The van der Waals surface area contributed by atoms with Crippen LogP contribution in [0.5, 0.6) is 0 Å². The van der Waals surface area contributed by atoms with Crippen molar-refractivity contribution in [2.45, 2.75) is 70.6 Å². The minimum Gasteiger partial charge on any atom is -0.310 e. The molecule has 14 aromatic rings. The number of hydrogen-bond acceptors (Lipinski definition) is 2. The lowest BCUT2D eigenvalue weighted by Gasteiger charge is -2.31. The summed E-state index contributed by atoms with van der Waals surface area (Å²) >= 11 is 0. The van der Waals surface area contributed by atoms with Crippen LogP contribution in [-0.4, -0.2) is 0 Å².